The van der Waals surface area contributed by atoms with E-state index in [-0.39, 0.29) is 18.5 Å². The van der Waals surface area contributed by atoms with Crippen molar-refractivity contribution < 1.29 is 19.0 Å². The Kier molecular flexibility index (Phi) is 2.77. The van der Waals surface area contributed by atoms with E-state index in [9.17, 15) is 9.50 Å². The molecule has 25 heavy (non-hydrogen) atoms. The quantitative estimate of drug-likeness (QED) is 0.522. The predicted molar refractivity (Wildman–Crippen MR) is 93.7 cm³/mol. The third-order valence-electron chi connectivity index (χ3n) is 4.83. The fourth-order valence-electron chi connectivity index (χ4n) is 3.71. The van der Waals surface area contributed by atoms with Gasteiger partial charge < -0.3 is 19.6 Å². The highest BCUT2D eigenvalue weighted by molar-refractivity contribution is 6.18. The van der Waals surface area contributed by atoms with Gasteiger partial charge in [-0.3, -0.25) is 0 Å². The van der Waals surface area contributed by atoms with Gasteiger partial charge in [0.05, 0.1) is 0 Å². The Labute approximate surface area is 142 Å². The minimum atomic E-state index is -0.293. The van der Waals surface area contributed by atoms with Gasteiger partial charge in [0.2, 0.25) is 6.79 Å². The molecule has 0 spiro atoms. The van der Waals surface area contributed by atoms with Crippen LogP contribution in [0.15, 0.2) is 42.6 Å². The molecule has 0 amide bonds. The lowest BCUT2D eigenvalue weighted by atomic mass is 9.90. The highest BCUT2D eigenvalue weighted by atomic mass is 19.1. The van der Waals surface area contributed by atoms with Crippen LogP contribution in [0, 0.1) is 12.7 Å². The molecule has 0 radical (unpaired) electrons. The molecular formula is C20H14FNO3. The van der Waals surface area contributed by atoms with Crippen LogP contribution < -0.4 is 9.47 Å². The zero-order valence-corrected chi connectivity index (χ0v) is 13.4. The van der Waals surface area contributed by atoms with Gasteiger partial charge in [0.25, 0.3) is 0 Å². The number of fused-ring (bicyclic) bond motifs is 4. The molecule has 1 aliphatic rings. The molecule has 1 aromatic heterocycles. The molecular weight excluding hydrogens is 321 g/mol. The van der Waals surface area contributed by atoms with Crippen LogP contribution in [0.4, 0.5) is 4.39 Å². The van der Waals surface area contributed by atoms with Crippen LogP contribution in [0.5, 0.6) is 17.4 Å². The van der Waals surface area contributed by atoms with E-state index in [0.29, 0.717) is 11.5 Å². The third-order valence-corrected chi connectivity index (χ3v) is 4.83. The highest BCUT2D eigenvalue weighted by Gasteiger charge is 2.24. The van der Waals surface area contributed by atoms with Crippen LogP contribution in [-0.2, 0) is 0 Å². The molecule has 0 aliphatic carbocycles. The Hall–Kier alpha value is -3.21. The summed E-state index contributed by atoms with van der Waals surface area (Å²) in [7, 11) is 0. The number of halogens is 1. The molecule has 0 unspecified atom stereocenters. The molecule has 0 bridgehead atoms. The summed E-state index contributed by atoms with van der Waals surface area (Å²) in [4.78, 5) is 2.89. The Morgan fingerprint density at radius 3 is 2.60 bits per heavy atom. The first-order valence-corrected chi connectivity index (χ1v) is 7.96. The first kappa shape index (κ1) is 14.2. The molecule has 0 saturated heterocycles. The monoisotopic (exact) mass is 335 g/mol. The Balaban J connectivity index is 2.03. The first-order chi connectivity index (χ1) is 12.1. The second-order valence-corrected chi connectivity index (χ2v) is 6.15. The fourth-order valence-corrected chi connectivity index (χ4v) is 3.71. The molecule has 4 aromatic rings. The van der Waals surface area contributed by atoms with Gasteiger partial charge >= 0.3 is 0 Å². The van der Waals surface area contributed by atoms with Crippen molar-refractivity contribution in [2.24, 2.45) is 0 Å². The van der Waals surface area contributed by atoms with E-state index in [1.54, 1.807) is 18.3 Å². The maximum atomic E-state index is 13.4. The largest absolute Gasteiger partial charge is 0.494 e. The second-order valence-electron chi connectivity index (χ2n) is 6.15. The molecule has 124 valence electrons. The number of ether oxygens (including phenoxy) is 2. The van der Waals surface area contributed by atoms with E-state index in [1.807, 2.05) is 19.1 Å². The van der Waals surface area contributed by atoms with Crippen molar-refractivity contribution in [1.82, 2.24) is 4.98 Å². The van der Waals surface area contributed by atoms with Crippen LogP contribution in [0.1, 0.15) is 5.56 Å². The van der Waals surface area contributed by atoms with Gasteiger partial charge in [-0.1, -0.05) is 18.2 Å². The molecule has 1 aliphatic heterocycles. The zero-order chi connectivity index (χ0) is 17.1. The molecule has 3 aromatic carbocycles. The normalized spacial score (nSPS) is 13.0. The second kappa shape index (κ2) is 4.89. The number of nitrogens with one attached hydrogen (secondary N) is 1. The van der Waals surface area contributed by atoms with E-state index in [0.717, 1.165) is 38.2 Å². The Morgan fingerprint density at radius 1 is 1.00 bits per heavy atom. The number of rotatable bonds is 1. The van der Waals surface area contributed by atoms with Crippen LogP contribution in [0.25, 0.3) is 32.7 Å². The summed E-state index contributed by atoms with van der Waals surface area (Å²) < 4.78 is 24.7. The maximum absolute atomic E-state index is 13.4. The topological polar surface area (TPSA) is 54.5 Å². The molecule has 4 nitrogen and oxygen atoms in total. The lowest BCUT2D eigenvalue weighted by Crippen LogP contribution is -1.94. The molecule has 0 atom stereocenters. The van der Waals surface area contributed by atoms with E-state index in [2.05, 4.69) is 4.98 Å². The molecule has 0 saturated carbocycles. The van der Waals surface area contributed by atoms with Crippen molar-refractivity contribution in [1.29, 1.82) is 0 Å². The smallest absolute Gasteiger partial charge is 0.231 e. The van der Waals surface area contributed by atoms with Gasteiger partial charge in [-0.2, -0.15) is 0 Å². The number of aryl methyl sites for hydroxylation is 1. The summed E-state index contributed by atoms with van der Waals surface area (Å²) in [5, 5.41) is 13.8. The number of hydrogen-bond donors (Lipinski definition) is 2. The van der Waals surface area contributed by atoms with Gasteiger partial charge in [0.15, 0.2) is 17.4 Å². The minimum Gasteiger partial charge on any atom is -0.494 e. The highest BCUT2D eigenvalue weighted by Crippen LogP contribution is 2.49. The van der Waals surface area contributed by atoms with Crippen molar-refractivity contribution >= 4 is 21.5 Å². The average molecular weight is 335 g/mol. The van der Waals surface area contributed by atoms with Gasteiger partial charge in [-0.15, -0.1) is 0 Å². The van der Waals surface area contributed by atoms with Crippen LogP contribution >= 0.6 is 0 Å². The van der Waals surface area contributed by atoms with Gasteiger partial charge in [0, 0.05) is 27.9 Å². The number of hydrogen-bond acceptors (Lipinski definition) is 3. The number of aromatic amines is 1. The Morgan fingerprint density at radius 2 is 1.80 bits per heavy atom. The average Bonchev–Trinajstić information content (AvgIpc) is 3.23. The van der Waals surface area contributed by atoms with E-state index < -0.39 is 0 Å². The van der Waals surface area contributed by atoms with E-state index >= 15 is 0 Å². The molecule has 5 heteroatoms. The number of benzene rings is 3. The summed E-state index contributed by atoms with van der Waals surface area (Å²) in [5.41, 5.74) is 2.68. The number of aromatic hydroxyl groups is 1. The lowest BCUT2D eigenvalue weighted by molar-refractivity contribution is 0.175. The summed E-state index contributed by atoms with van der Waals surface area (Å²) in [6, 6.07) is 10.2. The van der Waals surface area contributed by atoms with E-state index in [1.165, 1.54) is 12.1 Å². The first-order valence-electron chi connectivity index (χ1n) is 7.96. The molecule has 2 heterocycles. The van der Waals surface area contributed by atoms with Crippen molar-refractivity contribution in [2.45, 2.75) is 6.92 Å². The summed E-state index contributed by atoms with van der Waals surface area (Å²) in [6.07, 6.45) is 1.77. The van der Waals surface area contributed by atoms with Crippen molar-refractivity contribution in [2.75, 3.05) is 6.79 Å². The summed E-state index contributed by atoms with van der Waals surface area (Å²) >= 11 is 0. The standard InChI is InChI=1S/C20H14FNO3/c1-10-13-6-7-15-19(25-9-24-15)18(13)17(11-2-4-12(21)5-3-11)14-8-22-20(23)16(10)14/h2-8,22-23H,9H2,1H3. The predicted octanol–water partition coefficient (Wildman–Crippen LogP) is 4.87. The summed E-state index contributed by atoms with van der Waals surface area (Å²) in [5.74, 6) is 1.20. The third kappa shape index (κ3) is 1.86. The van der Waals surface area contributed by atoms with Crippen LogP contribution in [0.2, 0.25) is 0 Å². The van der Waals surface area contributed by atoms with E-state index in [4.69, 9.17) is 9.47 Å². The van der Waals surface area contributed by atoms with Crippen molar-refractivity contribution in [3.8, 4) is 28.5 Å². The minimum absolute atomic E-state index is 0.121. The van der Waals surface area contributed by atoms with Gasteiger partial charge in [0.1, 0.15) is 5.82 Å². The fraction of sp³-hybridized carbons (Fsp3) is 0.100. The van der Waals surface area contributed by atoms with Gasteiger partial charge in [-0.25, -0.2) is 4.39 Å². The Bertz CT molecular complexity index is 1150. The van der Waals surface area contributed by atoms with Crippen molar-refractivity contribution in [3.05, 3.63) is 54.0 Å². The molecule has 2 N–H and O–H groups in total. The van der Waals surface area contributed by atoms with Crippen LogP contribution in [-0.4, -0.2) is 16.9 Å². The lowest BCUT2D eigenvalue weighted by Gasteiger charge is -2.14. The molecule has 5 rings (SSSR count). The number of aromatic nitrogens is 1. The van der Waals surface area contributed by atoms with Gasteiger partial charge in [-0.05, 0) is 41.6 Å². The maximum Gasteiger partial charge on any atom is 0.231 e. The van der Waals surface area contributed by atoms with Crippen molar-refractivity contribution in [3.63, 3.8) is 0 Å². The zero-order valence-electron chi connectivity index (χ0n) is 13.4. The number of H-pyrrole nitrogens is 1. The summed E-state index contributed by atoms with van der Waals surface area (Å²) in [6.45, 7) is 2.14. The SMILES string of the molecule is Cc1c2ccc3c(c2c(-c2ccc(F)cc2)c2c[nH]c(O)c12)OCO3. The van der Waals surface area contributed by atoms with Crippen LogP contribution in [0.3, 0.4) is 0 Å². The molecule has 0 fully saturated rings.